The highest BCUT2D eigenvalue weighted by Gasteiger charge is 2.14. The molecule has 4 heteroatoms. The molecule has 1 atom stereocenters. The smallest absolute Gasteiger partial charge is 0.240 e. The van der Waals surface area contributed by atoms with Crippen LogP contribution in [0.3, 0.4) is 0 Å². The van der Waals surface area contributed by atoms with Gasteiger partial charge in [-0.2, -0.15) is 4.98 Å². The number of rotatable bonds is 4. The van der Waals surface area contributed by atoms with Crippen molar-refractivity contribution >= 4 is 0 Å². The van der Waals surface area contributed by atoms with Gasteiger partial charge in [-0.15, -0.1) is 0 Å². The first-order valence-electron chi connectivity index (χ1n) is 6.12. The fraction of sp³-hybridized carbons (Fsp3) is 0.429. The van der Waals surface area contributed by atoms with Crippen molar-refractivity contribution in [1.82, 2.24) is 15.0 Å². The van der Waals surface area contributed by atoms with E-state index in [0.29, 0.717) is 24.3 Å². The van der Waals surface area contributed by atoms with E-state index in [0.717, 1.165) is 0 Å². The molecular formula is C14H19N3O. The third kappa shape index (κ3) is 2.96. The Kier molecular flexibility index (Phi) is 3.77. The summed E-state index contributed by atoms with van der Waals surface area (Å²) < 4.78 is 5.14. The Labute approximate surface area is 108 Å². The fourth-order valence-corrected chi connectivity index (χ4v) is 1.85. The normalized spacial score (nSPS) is 12.9. The molecule has 0 bridgehead atoms. The van der Waals surface area contributed by atoms with Gasteiger partial charge in [0.2, 0.25) is 5.89 Å². The molecular weight excluding hydrogens is 226 g/mol. The van der Waals surface area contributed by atoms with Crippen LogP contribution < -0.4 is 0 Å². The molecule has 0 amide bonds. The number of benzene rings is 1. The number of aromatic nitrogens is 2. The lowest BCUT2D eigenvalue weighted by atomic mass is 10.1. The standard InChI is InChI=1S/C14H19N3O/c1-10-5-7-13(8-6-10)11(2)17(4)9-14-15-12(3)16-18-14/h5-8,11H,9H2,1-4H3. The van der Waals surface area contributed by atoms with Crippen LogP contribution >= 0.6 is 0 Å². The van der Waals surface area contributed by atoms with Gasteiger partial charge in [-0.1, -0.05) is 35.0 Å². The SMILES string of the molecule is Cc1ccc(C(C)N(C)Cc2nc(C)no2)cc1. The predicted octanol–water partition coefficient (Wildman–Crippen LogP) is 2.88. The van der Waals surface area contributed by atoms with Gasteiger partial charge in [-0.3, -0.25) is 4.90 Å². The van der Waals surface area contributed by atoms with E-state index >= 15 is 0 Å². The van der Waals surface area contributed by atoms with E-state index in [-0.39, 0.29) is 0 Å². The summed E-state index contributed by atoms with van der Waals surface area (Å²) in [6, 6.07) is 8.91. The highest BCUT2D eigenvalue weighted by Crippen LogP contribution is 2.20. The average molecular weight is 245 g/mol. The van der Waals surface area contributed by atoms with Crippen LogP contribution in [0.25, 0.3) is 0 Å². The van der Waals surface area contributed by atoms with E-state index in [9.17, 15) is 0 Å². The molecule has 1 aromatic heterocycles. The molecule has 2 aromatic rings. The first-order valence-corrected chi connectivity index (χ1v) is 6.12. The van der Waals surface area contributed by atoms with Gasteiger partial charge >= 0.3 is 0 Å². The van der Waals surface area contributed by atoms with Gasteiger partial charge in [0.15, 0.2) is 5.82 Å². The van der Waals surface area contributed by atoms with Crippen LogP contribution in [0.15, 0.2) is 28.8 Å². The molecule has 4 nitrogen and oxygen atoms in total. The summed E-state index contributed by atoms with van der Waals surface area (Å²) in [6.45, 7) is 6.76. The second kappa shape index (κ2) is 5.31. The van der Waals surface area contributed by atoms with Gasteiger partial charge in [0.25, 0.3) is 0 Å². The second-order valence-electron chi connectivity index (χ2n) is 4.74. The topological polar surface area (TPSA) is 42.2 Å². The van der Waals surface area contributed by atoms with E-state index in [4.69, 9.17) is 4.52 Å². The summed E-state index contributed by atoms with van der Waals surface area (Å²) in [7, 11) is 2.06. The molecule has 0 saturated carbocycles. The molecule has 0 aliphatic rings. The van der Waals surface area contributed by atoms with E-state index in [2.05, 4.69) is 60.2 Å². The lowest BCUT2D eigenvalue weighted by molar-refractivity contribution is 0.216. The summed E-state index contributed by atoms with van der Waals surface area (Å²) in [5.41, 5.74) is 2.57. The molecule has 1 unspecified atom stereocenters. The van der Waals surface area contributed by atoms with Gasteiger partial charge in [0.1, 0.15) is 0 Å². The number of aryl methyl sites for hydroxylation is 2. The molecule has 0 saturated heterocycles. The van der Waals surface area contributed by atoms with Crippen molar-refractivity contribution in [3.63, 3.8) is 0 Å². The molecule has 0 aliphatic carbocycles. The summed E-state index contributed by atoms with van der Waals surface area (Å²) in [5, 5.41) is 3.80. The monoisotopic (exact) mass is 245 g/mol. The van der Waals surface area contributed by atoms with Crippen molar-refractivity contribution in [3.8, 4) is 0 Å². The Balaban J connectivity index is 2.04. The van der Waals surface area contributed by atoms with E-state index in [1.165, 1.54) is 11.1 Å². The second-order valence-corrected chi connectivity index (χ2v) is 4.74. The number of nitrogens with zero attached hydrogens (tertiary/aromatic N) is 3. The van der Waals surface area contributed by atoms with Crippen molar-refractivity contribution in [1.29, 1.82) is 0 Å². The first-order chi connectivity index (χ1) is 8.56. The molecule has 1 aromatic carbocycles. The maximum atomic E-state index is 5.14. The van der Waals surface area contributed by atoms with E-state index in [1.807, 2.05) is 6.92 Å². The first kappa shape index (κ1) is 12.8. The molecule has 0 N–H and O–H groups in total. The van der Waals surface area contributed by atoms with Gasteiger partial charge in [-0.25, -0.2) is 0 Å². The van der Waals surface area contributed by atoms with Crippen molar-refractivity contribution < 1.29 is 4.52 Å². The fourth-order valence-electron chi connectivity index (χ4n) is 1.85. The van der Waals surface area contributed by atoms with Crippen LogP contribution in [0, 0.1) is 13.8 Å². The molecule has 1 heterocycles. The highest BCUT2D eigenvalue weighted by molar-refractivity contribution is 5.23. The quantitative estimate of drug-likeness (QED) is 0.830. The summed E-state index contributed by atoms with van der Waals surface area (Å²) in [4.78, 5) is 6.41. The zero-order valence-corrected chi connectivity index (χ0v) is 11.3. The van der Waals surface area contributed by atoms with Gasteiger partial charge in [0.05, 0.1) is 6.54 Å². The molecule has 0 fully saturated rings. The van der Waals surface area contributed by atoms with Gasteiger partial charge in [-0.05, 0) is 33.4 Å². The lowest BCUT2D eigenvalue weighted by Gasteiger charge is -2.23. The molecule has 0 radical (unpaired) electrons. The summed E-state index contributed by atoms with van der Waals surface area (Å²) in [6.07, 6.45) is 0. The van der Waals surface area contributed by atoms with Crippen LogP contribution in [-0.2, 0) is 6.54 Å². The van der Waals surface area contributed by atoms with Gasteiger partial charge < -0.3 is 4.52 Å². The minimum atomic E-state index is 0.317. The zero-order chi connectivity index (χ0) is 13.1. The third-order valence-corrected chi connectivity index (χ3v) is 3.18. The number of hydrogen-bond donors (Lipinski definition) is 0. The Hall–Kier alpha value is -1.68. The molecule has 96 valence electrons. The van der Waals surface area contributed by atoms with Crippen LogP contribution in [0.4, 0.5) is 0 Å². The Morgan fingerprint density at radius 1 is 1.22 bits per heavy atom. The van der Waals surface area contributed by atoms with Crippen LogP contribution in [-0.4, -0.2) is 22.1 Å². The van der Waals surface area contributed by atoms with Crippen LogP contribution in [0.1, 0.15) is 35.8 Å². The van der Waals surface area contributed by atoms with Crippen LogP contribution in [0.5, 0.6) is 0 Å². The number of hydrogen-bond acceptors (Lipinski definition) is 4. The minimum absolute atomic E-state index is 0.317. The summed E-state index contributed by atoms with van der Waals surface area (Å²) in [5.74, 6) is 1.34. The molecule has 2 rings (SSSR count). The molecule has 0 spiro atoms. The van der Waals surface area contributed by atoms with Crippen molar-refractivity contribution in [2.75, 3.05) is 7.05 Å². The zero-order valence-electron chi connectivity index (χ0n) is 11.3. The third-order valence-electron chi connectivity index (χ3n) is 3.18. The van der Waals surface area contributed by atoms with Crippen molar-refractivity contribution in [3.05, 3.63) is 47.1 Å². The lowest BCUT2D eigenvalue weighted by Crippen LogP contribution is -2.22. The maximum absolute atomic E-state index is 5.14. The predicted molar refractivity (Wildman–Crippen MR) is 70.1 cm³/mol. The van der Waals surface area contributed by atoms with Crippen LogP contribution in [0.2, 0.25) is 0 Å². The summed E-state index contributed by atoms with van der Waals surface area (Å²) >= 11 is 0. The van der Waals surface area contributed by atoms with Gasteiger partial charge in [0, 0.05) is 6.04 Å². The van der Waals surface area contributed by atoms with Crippen molar-refractivity contribution in [2.24, 2.45) is 0 Å². The average Bonchev–Trinajstić information content (AvgIpc) is 2.75. The molecule has 18 heavy (non-hydrogen) atoms. The minimum Gasteiger partial charge on any atom is -0.338 e. The maximum Gasteiger partial charge on any atom is 0.240 e. The Morgan fingerprint density at radius 2 is 1.89 bits per heavy atom. The van der Waals surface area contributed by atoms with E-state index < -0.39 is 0 Å². The highest BCUT2D eigenvalue weighted by atomic mass is 16.5. The molecule has 0 aliphatic heterocycles. The van der Waals surface area contributed by atoms with Crippen molar-refractivity contribution in [2.45, 2.75) is 33.4 Å². The Morgan fingerprint density at radius 3 is 2.44 bits per heavy atom. The largest absolute Gasteiger partial charge is 0.338 e. The Bertz CT molecular complexity index is 504. The van der Waals surface area contributed by atoms with E-state index in [1.54, 1.807) is 0 Å².